The van der Waals surface area contributed by atoms with Gasteiger partial charge in [0.25, 0.3) is 0 Å². The number of hydrogen-bond donors (Lipinski definition) is 2. The van der Waals surface area contributed by atoms with Crippen LogP contribution in [0.25, 0.3) is 10.9 Å². The Labute approximate surface area is 159 Å². The van der Waals surface area contributed by atoms with E-state index < -0.39 is 0 Å². The highest BCUT2D eigenvalue weighted by Gasteiger charge is 2.44. The van der Waals surface area contributed by atoms with Crippen LogP contribution in [0.5, 0.6) is 5.75 Å². The lowest BCUT2D eigenvalue weighted by Gasteiger charge is -2.31. The maximum absolute atomic E-state index is 6.74. The first-order valence-corrected chi connectivity index (χ1v) is 10.1. The van der Waals surface area contributed by atoms with Crippen LogP contribution in [0.3, 0.4) is 0 Å². The Morgan fingerprint density at radius 2 is 1.78 bits per heavy atom. The molecule has 2 N–H and O–H groups in total. The first-order valence-electron chi connectivity index (χ1n) is 10.1. The van der Waals surface area contributed by atoms with E-state index in [1.54, 1.807) is 0 Å². The van der Waals surface area contributed by atoms with Crippen molar-refractivity contribution in [3.05, 3.63) is 65.9 Å². The van der Waals surface area contributed by atoms with Gasteiger partial charge in [0.05, 0.1) is 6.04 Å². The lowest BCUT2D eigenvalue weighted by atomic mass is 10.0. The van der Waals surface area contributed by atoms with E-state index in [0.29, 0.717) is 6.04 Å². The summed E-state index contributed by atoms with van der Waals surface area (Å²) in [4.78, 5) is 6.01. The number of ether oxygens (including phenoxy) is 1. The largest absolute Gasteiger partial charge is 0.483 e. The molecule has 4 nitrogen and oxygen atoms in total. The van der Waals surface area contributed by atoms with Gasteiger partial charge < -0.3 is 15.0 Å². The number of benzene rings is 2. The van der Waals surface area contributed by atoms with Gasteiger partial charge in [-0.25, -0.2) is 0 Å². The van der Waals surface area contributed by atoms with Crippen LogP contribution in [-0.2, 0) is 6.42 Å². The molecule has 4 atom stereocenters. The Morgan fingerprint density at radius 3 is 2.67 bits per heavy atom. The van der Waals surface area contributed by atoms with Gasteiger partial charge in [0.15, 0.2) is 0 Å². The Balaban J connectivity index is 1.35. The van der Waals surface area contributed by atoms with Crippen molar-refractivity contribution in [3.63, 3.8) is 0 Å². The summed E-state index contributed by atoms with van der Waals surface area (Å²) in [5.74, 6) is 2.60. The molecule has 3 heterocycles. The number of fused-ring (bicyclic) bond motifs is 3. The van der Waals surface area contributed by atoms with Gasteiger partial charge in [-0.3, -0.25) is 4.90 Å². The molecule has 2 aliphatic heterocycles. The van der Waals surface area contributed by atoms with Crippen molar-refractivity contribution < 1.29 is 4.74 Å². The third-order valence-electron chi connectivity index (χ3n) is 6.84. The van der Waals surface area contributed by atoms with E-state index in [2.05, 4.69) is 63.7 Å². The number of aromatic nitrogens is 1. The van der Waals surface area contributed by atoms with Gasteiger partial charge in [-0.1, -0.05) is 30.3 Å². The van der Waals surface area contributed by atoms with Crippen molar-refractivity contribution >= 4 is 10.9 Å². The Hall–Kier alpha value is -2.30. The smallest absolute Gasteiger partial charge is 0.140 e. The van der Waals surface area contributed by atoms with Crippen molar-refractivity contribution in [3.8, 4) is 5.75 Å². The molecular weight excluding hydrogens is 334 g/mol. The third-order valence-corrected chi connectivity index (χ3v) is 6.84. The second-order valence-corrected chi connectivity index (χ2v) is 8.34. The molecule has 0 spiro atoms. The summed E-state index contributed by atoms with van der Waals surface area (Å²) in [6.45, 7) is 4.75. The van der Waals surface area contributed by atoms with Crippen LogP contribution in [0, 0.1) is 11.8 Å². The number of nitrogens with one attached hydrogen (secondary N) is 2. The van der Waals surface area contributed by atoms with Crippen molar-refractivity contribution in [2.45, 2.75) is 18.6 Å². The summed E-state index contributed by atoms with van der Waals surface area (Å²) in [7, 11) is 0. The van der Waals surface area contributed by atoms with E-state index >= 15 is 0 Å². The lowest BCUT2D eigenvalue weighted by molar-refractivity contribution is 0.0902. The molecule has 4 heteroatoms. The fourth-order valence-electron chi connectivity index (χ4n) is 5.46. The van der Waals surface area contributed by atoms with Crippen LogP contribution in [0.4, 0.5) is 0 Å². The fourth-order valence-corrected chi connectivity index (χ4v) is 5.46. The summed E-state index contributed by atoms with van der Waals surface area (Å²) < 4.78 is 6.74. The van der Waals surface area contributed by atoms with Crippen molar-refractivity contribution in [1.29, 1.82) is 0 Å². The van der Waals surface area contributed by atoms with Crippen LogP contribution in [0.2, 0.25) is 0 Å². The maximum atomic E-state index is 6.74. The van der Waals surface area contributed by atoms with E-state index in [1.165, 1.54) is 42.7 Å². The van der Waals surface area contributed by atoms with Crippen LogP contribution >= 0.6 is 0 Å². The number of rotatable bonds is 3. The average Bonchev–Trinajstić information content (AvgIpc) is 3.44. The lowest BCUT2D eigenvalue weighted by Crippen LogP contribution is -2.40. The highest BCUT2D eigenvalue weighted by molar-refractivity contribution is 5.85. The van der Waals surface area contributed by atoms with E-state index in [9.17, 15) is 0 Å². The minimum absolute atomic E-state index is 0.105. The molecule has 1 aromatic heterocycles. The molecule has 2 fully saturated rings. The number of hydrogen-bond acceptors (Lipinski definition) is 3. The molecule has 0 amide bonds. The highest BCUT2D eigenvalue weighted by Crippen LogP contribution is 2.42. The quantitative estimate of drug-likeness (QED) is 0.753. The first kappa shape index (κ1) is 15.7. The number of H-pyrrole nitrogens is 1. The molecule has 1 aliphatic carbocycles. The van der Waals surface area contributed by atoms with E-state index in [0.717, 1.165) is 29.5 Å². The van der Waals surface area contributed by atoms with E-state index in [1.807, 2.05) is 6.20 Å². The SMILES string of the molecule is c1ccc2c(c1)C[C@@H](N1C[C@H]3CNC[C@H]3C1)[C@@H]2Oc1cccc2[nH]ccc12. The molecule has 27 heavy (non-hydrogen) atoms. The number of likely N-dealkylation sites (tertiary alicyclic amines) is 1. The zero-order valence-corrected chi connectivity index (χ0v) is 15.4. The van der Waals surface area contributed by atoms with Gasteiger partial charge in [-0.05, 0) is 60.7 Å². The van der Waals surface area contributed by atoms with Crippen LogP contribution in [0.15, 0.2) is 54.7 Å². The normalized spacial score (nSPS) is 29.9. The molecule has 0 unspecified atom stereocenters. The van der Waals surface area contributed by atoms with Crippen molar-refractivity contribution in [2.75, 3.05) is 26.2 Å². The van der Waals surface area contributed by atoms with Gasteiger partial charge in [-0.15, -0.1) is 0 Å². The van der Waals surface area contributed by atoms with Crippen molar-refractivity contribution in [1.82, 2.24) is 15.2 Å². The minimum atomic E-state index is 0.105. The van der Waals surface area contributed by atoms with Gasteiger partial charge in [0.2, 0.25) is 0 Å². The molecule has 2 saturated heterocycles. The Bertz CT molecular complexity index is 968. The summed E-state index contributed by atoms with van der Waals surface area (Å²) in [6.07, 6.45) is 3.19. The van der Waals surface area contributed by atoms with Gasteiger partial charge in [0.1, 0.15) is 11.9 Å². The topological polar surface area (TPSA) is 40.3 Å². The van der Waals surface area contributed by atoms with Gasteiger partial charge >= 0.3 is 0 Å². The van der Waals surface area contributed by atoms with Crippen molar-refractivity contribution in [2.24, 2.45) is 11.8 Å². The van der Waals surface area contributed by atoms with Crippen LogP contribution in [-0.4, -0.2) is 42.1 Å². The molecule has 138 valence electrons. The zero-order chi connectivity index (χ0) is 17.8. The van der Waals surface area contributed by atoms with Gasteiger partial charge in [0, 0.05) is 30.2 Å². The third kappa shape index (κ3) is 2.51. The van der Waals surface area contributed by atoms with E-state index in [-0.39, 0.29) is 6.10 Å². The Morgan fingerprint density at radius 1 is 0.926 bits per heavy atom. The minimum Gasteiger partial charge on any atom is -0.483 e. The molecule has 3 aromatic rings. The average molecular weight is 359 g/mol. The summed E-state index contributed by atoms with van der Waals surface area (Å²) in [5.41, 5.74) is 3.95. The fraction of sp³-hybridized carbons (Fsp3) is 0.391. The second-order valence-electron chi connectivity index (χ2n) is 8.34. The summed E-state index contributed by atoms with van der Waals surface area (Å²) >= 11 is 0. The molecule has 0 bridgehead atoms. The van der Waals surface area contributed by atoms with E-state index in [4.69, 9.17) is 4.74 Å². The summed E-state index contributed by atoms with van der Waals surface area (Å²) in [5, 5.41) is 4.73. The number of aromatic amines is 1. The number of nitrogens with zero attached hydrogens (tertiary/aromatic N) is 1. The molecule has 6 rings (SSSR count). The zero-order valence-electron chi connectivity index (χ0n) is 15.4. The molecule has 3 aliphatic rings. The van der Waals surface area contributed by atoms with Gasteiger partial charge in [-0.2, -0.15) is 0 Å². The molecule has 2 aromatic carbocycles. The maximum Gasteiger partial charge on any atom is 0.140 e. The molecule has 0 radical (unpaired) electrons. The second kappa shape index (κ2) is 6.11. The summed E-state index contributed by atoms with van der Waals surface area (Å²) in [6, 6.07) is 17.7. The molecule has 0 saturated carbocycles. The monoisotopic (exact) mass is 359 g/mol. The predicted molar refractivity (Wildman–Crippen MR) is 107 cm³/mol. The first-order chi connectivity index (χ1) is 13.4. The predicted octanol–water partition coefficient (Wildman–Crippen LogP) is 3.36. The standard InChI is InChI=1S/C23H25N3O/c1-2-5-18-15(4-1)10-21(26-13-16-11-24-12-17(16)14-26)23(18)27-22-7-3-6-20-19(22)8-9-25-20/h1-9,16-17,21,23-25H,10-14H2/t16-,17+,21-,23-/m1/s1. The highest BCUT2D eigenvalue weighted by atomic mass is 16.5. The molecular formula is C23H25N3O. The Kier molecular flexibility index (Phi) is 3.56. The van der Waals surface area contributed by atoms with Crippen LogP contribution < -0.4 is 10.1 Å². The van der Waals surface area contributed by atoms with Crippen LogP contribution in [0.1, 0.15) is 17.2 Å².